The van der Waals surface area contributed by atoms with Gasteiger partial charge in [0.1, 0.15) is 0 Å². The van der Waals surface area contributed by atoms with Gasteiger partial charge in [-0.2, -0.15) is 0 Å². The van der Waals surface area contributed by atoms with Crippen LogP contribution in [0, 0.1) is 0 Å². The molecule has 0 aromatic carbocycles. The van der Waals surface area contributed by atoms with E-state index >= 15 is 0 Å². The van der Waals surface area contributed by atoms with Crippen molar-refractivity contribution in [2.24, 2.45) is 0 Å². The number of rotatable bonds is 7. The summed E-state index contributed by atoms with van der Waals surface area (Å²) in [4.78, 5) is 0. The van der Waals surface area contributed by atoms with Crippen LogP contribution < -0.4 is 0 Å². The zero-order valence-electron chi connectivity index (χ0n) is 8.36. The first kappa shape index (κ1) is 13.5. The molecule has 0 heterocycles. The Morgan fingerprint density at radius 1 is 1.23 bits per heavy atom. The zero-order chi connectivity index (χ0) is 10.2. The molecule has 0 aliphatic carbocycles. The average molecular weight is 240 g/mol. The molecule has 0 aromatic heterocycles. The average Bonchev–Trinajstić information content (AvgIpc) is 2.05. The Morgan fingerprint density at radius 3 is 2.15 bits per heavy atom. The lowest BCUT2D eigenvalue weighted by Crippen LogP contribution is -1.77. The highest BCUT2D eigenvalue weighted by atomic mass is 33.1. The van der Waals surface area contributed by atoms with E-state index in [1.54, 1.807) is 12.1 Å². The van der Waals surface area contributed by atoms with Crippen LogP contribution in [0.3, 0.4) is 0 Å². The van der Waals surface area contributed by atoms with Crippen LogP contribution in [0.2, 0.25) is 0 Å². The SMILES string of the molecule is CCO/C=C/P(=O)(SCC)SCC. The Balaban J connectivity index is 4.14. The molecule has 0 atom stereocenters. The van der Waals surface area contributed by atoms with Crippen LogP contribution in [0.1, 0.15) is 20.8 Å². The van der Waals surface area contributed by atoms with Crippen molar-refractivity contribution in [2.45, 2.75) is 20.8 Å². The van der Waals surface area contributed by atoms with Gasteiger partial charge in [0.15, 0.2) is 0 Å². The Bertz CT molecular complexity index is 185. The second kappa shape index (κ2) is 7.84. The van der Waals surface area contributed by atoms with E-state index in [1.165, 1.54) is 22.8 Å². The van der Waals surface area contributed by atoms with E-state index in [2.05, 4.69) is 0 Å². The van der Waals surface area contributed by atoms with Crippen LogP contribution >= 0.6 is 28.3 Å². The highest BCUT2D eigenvalue weighted by Crippen LogP contribution is 2.69. The van der Waals surface area contributed by atoms with Gasteiger partial charge in [-0.25, -0.2) is 0 Å². The van der Waals surface area contributed by atoms with Crippen molar-refractivity contribution < 1.29 is 9.30 Å². The van der Waals surface area contributed by atoms with Crippen LogP contribution in [0.15, 0.2) is 12.1 Å². The Labute approximate surface area is 88.8 Å². The van der Waals surface area contributed by atoms with Gasteiger partial charge in [0.2, 0.25) is 5.55 Å². The molecule has 0 saturated carbocycles. The lowest BCUT2D eigenvalue weighted by Gasteiger charge is -2.09. The third-order valence-corrected chi connectivity index (χ3v) is 9.18. The van der Waals surface area contributed by atoms with Gasteiger partial charge in [0.25, 0.3) is 0 Å². The molecule has 0 N–H and O–H groups in total. The molecule has 13 heavy (non-hydrogen) atoms. The van der Waals surface area contributed by atoms with Crippen LogP contribution in [0.4, 0.5) is 0 Å². The quantitative estimate of drug-likeness (QED) is 0.492. The van der Waals surface area contributed by atoms with Gasteiger partial charge in [-0.15, -0.1) is 0 Å². The van der Waals surface area contributed by atoms with E-state index in [-0.39, 0.29) is 0 Å². The molecule has 0 aliphatic rings. The summed E-state index contributed by atoms with van der Waals surface area (Å²) in [5.41, 5.74) is -2.22. The minimum Gasteiger partial charge on any atom is -0.501 e. The van der Waals surface area contributed by atoms with Crippen molar-refractivity contribution in [2.75, 3.05) is 18.1 Å². The van der Waals surface area contributed by atoms with Crippen molar-refractivity contribution in [3.8, 4) is 0 Å². The predicted molar refractivity (Wildman–Crippen MR) is 64.6 cm³/mol. The van der Waals surface area contributed by atoms with Crippen LogP contribution in [0.25, 0.3) is 0 Å². The highest BCUT2D eigenvalue weighted by molar-refractivity contribution is 8.91. The van der Waals surface area contributed by atoms with Gasteiger partial charge in [-0.05, 0) is 18.4 Å². The standard InChI is InChI=1S/C8H17O2PS2/c1-4-10-7-8-11(9,12-5-2)13-6-3/h7-8H,4-6H2,1-3H3/b8-7+. The van der Waals surface area contributed by atoms with Gasteiger partial charge < -0.3 is 4.74 Å². The van der Waals surface area contributed by atoms with E-state index < -0.39 is 5.55 Å². The molecule has 2 nitrogen and oxygen atoms in total. The smallest absolute Gasteiger partial charge is 0.215 e. The van der Waals surface area contributed by atoms with E-state index in [4.69, 9.17) is 4.74 Å². The summed E-state index contributed by atoms with van der Waals surface area (Å²) >= 11 is 3.01. The molecule has 0 fully saturated rings. The van der Waals surface area contributed by atoms with E-state index in [0.29, 0.717) is 6.61 Å². The summed E-state index contributed by atoms with van der Waals surface area (Å²) in [5, 5.41) is 0. The molecule has 0 aliphatic heterocycles. The summed E-state index contributed by atoms with van der Waals surface area (Å²) in [6.07, 6.45) is 1.56. The molecule has 0 spiro atoms. The molecule has 0 bridgehead atoms. The van der Waals surface area contributed by atoms with Crippen molar-refractivity contribution in [3.63, 3.8) is 0 Å². The number of hydrogen-bond acceptors (Lipinski definition) is 4. The minimum atomic E-state index is -2.22. The topological polar surface area (TPSA) is 26.3 Å². The molecule has 0 aromatic rings. The normalized spacial score (nSPS) is 12.2. The molecule has 78 valence electrons. The third-order valence-electron chi connectivity index (χ3n) is 1.12. The maximum absolute atomic E-state index is 12.0. The Hall–Kier alpha value is 0.470. The van der Waals surface area contributed by atoms with Gasteiger partial charge >= 0.3 is 0 Å². The molecular formula is C8H17O2PS2. The molecule has 0 unspecified atom stereocenters. The largest absolute Gasteiger partial charge is 0.501 e. The fraction of sp³-hybridized carbons (Fsp3) is 0.750. The van der Waals surface area contributed by atoms with E-state index in [9.17, 15) is 4.57 Å². The van der Waals surface area contributed by atoms with E-state index in [1.807, 2.05) is 20.8 Å². The zero-order valence-corrected chi connectivity index (χ0v) is 10.9. The van der Waals surface area contributed by atoms with E-state index in [0.717, 1.165) is 11.5 Å². The lowest BCUT2D eigenvalue weighted by atomic mass is 10.9. The second-order valence-electron chi connectivity index (χ2n) is 2.12. The summed E-state index contributed by atoms with van der Waals surface area (Å²) < 4.78 is 17.1. The maximum atomic E-state index is 12.0. The van der Waals surface area contributed by atoms with Crippen molar-refractivity contribution in [3.05, 3.63) is 12.1 Å². The maximum Gasteiger partial charge on any atom is 0.215 e. The molecule has 5 heteroatoms. The van der Waals surface area contributed by atoms with Crippen molar-refractivity contribution in [1.82, 2.24) is 0 Å². The number of hydrogen-bond donors (Lipinski definition) is 0. The van der Waals surface area contributed by atoms with Crippen LogP contribution in [0.5, 0.6) is 0 Å². The summed E-state index contributed by atoms with van der Waals surface area (Å²) in [6, 6.07) is 0. The van der Waals surface area contributed by atoms with Crippen LogP contribution in [-0.4, -0.2) is 18.1 Å². The Morgan fingerprint density at radius 2 is 1.77 bits per heavy atom. The predicted octanol–water partition coefficient (Wildman–Crippen LogP) is 4.19. The first-order valence-corrected chi connectivity index (χ1v) is 9.32. The first-order chi connectivity index (χ1) is 6.18. The van der Waals surface area contributed by atoms with Gasteiger partial charge in [-0.3, -0.25) is 4.57 Å². The summed E-state index contributed by atoms with van der Waals surface area (Å²) in [6.45, 7) is 6.57. The minimum absolute atomic E-state index is 0.629. The van der Waals surface area contributed by atoms with Crippen molar-refractivity contribution in [1.29, 1.82) is 0 Å². The molecule has 0 rings (SSSR count). The van der Waals surface area contributed by atoms with Gasteiger partial charge in [-0.1, -0.05) is 36.6 Å². The third kappa shape index (κ3) is 6.53. The summed E-state index contributed by atoms with van der Waals surface area (Å²) in [5.74, 6) is 3.46. The second-order valence-corrected chi connectivity index (χ2v) is 10.7. The molecular weight excluding hydrogens is 223 g/mol. The molecule has 0 radical (unpaired) electrons. The van der Waals surface area contributed by atoms with Gasteiger partial charge in [0, 0.05) is 5.82 Å². The van der Waals surface area contributed by atoms with Crippen molar-refractivity contribution >= 4 is 28.3 Å². The molecule has 0 saturated heterocycles. The summed E-state index contributed by atoms with van der Waals surface area (Å²) in [7, 11) is 0. The van der Waals surface area contributed by atoms with Gasteiger partial charge in [0.05, 0.1) is 12.9 Å². The fourth-order valence-electron chi connectivity index (χ4n) is 0.697. The first-order valence-electron chi connectivity index (χ1n) is 4.36. The van der Waals surface area contributed by atoms with Crippen LogP contribution in [-0.2, 0) is 9.30 Å². The monoisotopic (exact) mass is 240 g/mol. The lowest BCUT2D eigenvalue weighted by molar-refractivity contribution is 0.270. The Kier molecular flexibility index (Phi) is 8.12. The number of ether oxygens (including phenoxy) is 1. The highest BCUT2D eigenvalue weighted by Gasteiger charge is 2.17. The fourth-order valence-corrected chi connectivity index (χ4v) is 7.66. The molecule has 0 amide bonds.